The Bertz CT molecular complexity index is 709. The minimum Gasteiger partial charge on any atom is -1.00 e. The van der Waals surface area contributed by atoms with Crippen LogP contribution in [0, 0.1) is 12.3 Å². The predicted octanol–water partition coefficient (Wildman–Crippen LogP) is -0.0112. The van der Waals surface area contributed by atoms with Crippen LogP contribution in [0.15, 0.2) is 0 Å². The molecule has 1 heterocycles. The van der Waals surface area contributed by atoms with Crippen molar-refractivity contribution in [2.75, 3.05) is 40.4 Å². The molecule has 0 amide bonds. The first-order valence-corrected chi connectivity index (χ1v) is 12.7. The number of rotatable bonds is 16. The normalized spacial score (nSPS) is 21.6. The molecule has 1 rings (SSSR count). The molecule has 1 saturated heterocycles. The van der Waals surface area contributed by atoms with Crippen LogP contribution in [0.2, 0.25) is 0 Å². The minimum absolute atomic E-state index is 0. The number of hydrogen-bond acceptors (Lipinski definition) is 8. The van der Waals surface area contributed by atoms with Gasteiger partial charge in [0.15, 0.2) is 24.6 Å². The average molecular weight is 579 g/mol. The summed E-state index contributed by atoms with van der Waals surface area (Å²) < 4.78 is 29.4. The second-order valence-electron chi connectivity index (χ2n) is 9.49. The summed E-state index contributed by atoms with van der Waals surface area (Å²) in [5.74, 6) is 1.34. The lowest BCUT2D eigenvalue weighted by atomic mass is 10.0. The van der Waals surface area contributed by atoms with Gasteiger partial charge in [-0.05, 0) is 38.0 Å². The number of carbonyl (C=O) groups is 3. The number of terminal acetylenes is 1. The molecule has 1 unspecified atom stereocenters. The van der Waals surface area contributed by atoms with E-state index in [0.717, 1.165) is 19.4 Å². The van der Waals surface area contributed by atoms with E-state index in [1.165, 1.54) is 0 Å². The Balaban J connectivity index is 0.0000122. The summed E-state index contributed by atoms with van der Waals surface area (Å²) in [6.45, 7) is 7.45. The molecule has 0 spiro atoms. The number of esters is 3. The molecule has 0 radical (unpaired) electrons. The fourth-order valence-electron chi connectivity index (χ4n) is 3.68. The first kappa shape index (κ1) is 34.3. The number of quaternary nitrogens is 1. The molecule has 0 aromatic heterocycles. The standard InChI is InChI=1S/C26H44NO8.BrH/c1-7-13-21(28)33-20-19-32-26(31-18-12-11-17-27(5,6)16-10-4)25(35-23(30)15-9-3)24(20)34-22(29)14-8-2;/h4,20,24-26H,7-9,11-19H2,1-3,5-6H3;1H/q+1;/p-1/t20-,24+,25-,26?;/m1./s1. The van der Waals surface area contributed by atoms with E-state index in [-0.39, 0.29) is 42.9 Å². The van der Waals surface area contributed by atoms with Gasteiger partial charge in [0, 0.05) is 19.3 Å². The highest BCUT2D eigenvalue weighted by Crippen LogP contribution is 2.26. The van der Waals surface area contributed by atoms with Crippen LogP contribution in [-0.4, -0.2) is 87.4 Å². The third kappa shape index (κ3) is 13.0. The Kier molecular flexibility index (Phi) is 17.7. The van der Waals surface area contributed by atoms with Gasteiger partial charge in [-0.3, -0.25) is 14.4 Å². The van der Waals surface area contributed by atoms with Crippen molar-refractivity contribution in [1.82, 2.24) is 0 Å². The van der Waals surface area contributed by atoms with Gasteiger partial charge in [-0.25, -0.2) is 0 Å². The maximum atomic E-state index is 12.4. The third-order valence-corrected chi connectivity index (χ3v) is 5.52. The van der Waals surface area contributed by atoms with E-state index in [2.05, 4.69) is 20.0 Å². The molecule has 208 valence electrons. The maximum absolute atomic E-state index is 12.4. The summed E-state index contributed by atoms with van der Waals surface area (Å²) in [6.07, 6.45) is 5.59. The molecular formula is C26H44BrNO8. The minimum atomic E-state index is -1.04. The number of halogens is 1. The summed E-state index contributed by atoms with van der Waals surface area (Å²) >= 11 is 0. The van der Waals surface area contributed by atoms with Crippen LogP contribution >= 0.6 is 0 Å². The second kappa shape index (κ2) is 18.6. The molecule has 0 aromatic rings. The third-order valence-electron chi connectivity index (χ3n) is 5.52. The monoisotopic (exact) mass is 577 g/mol. The van der Waals surface area contributed by atoms with Crippen LogP contribution in [0.25, 0.3) is 0 Å². The molecule has 0 aromatic carbocycles. The van der Waals surface area contributed by atoms with Crippen LogP contribution in [0.4, 0.5) is 0 Å². The van der Waals surface area contributed by atoms with Crippen molar-refractivity contribution in [3.05, 3.63) is 0 Å². The number of nitrogens with zero attached hydrogens (tertiary/aromatic N) is 1. The highest BCUT2D eigenvalue weighted by Gasteiger charge is 2.48. The van der Waals surface area contributed by atoms with Gasteiger partial charge in [0.25, 0.3) is 0 Å². The van der Waals surface area contributed by atoms with E-state index in [0.29, 0.717) is 36.9 Å². The Morgan fingerprint density at radius 3 is 1.94 bits per heavy atom. The van der Waals surface area contributed by atoms with Gasteiger partial charge in [-0.15, -0.1) is 6.42 Å². The molecule has 10 heteroatoms. The van der Waals surface area contributed by atoms with Gasteiger partial charge in [0.05, 0.1) is 33.9 Å². The van der Waals surface area contributed by atoms with Gasteiger partial charge in [0.2, 0.25) is 0 Å². The van der Waals surface area contributed by atoms with Crippen LogP contribution in [0.1, 0.15) is 72.1 Å². The van der Waals surface area contributed by atoms with E-state index in [1.807, 2.05) is 20.8 Å². The molecule has 0 N–H and O–H groups in total. The second-order valence-corrected chi connectivity index (χ2v) is 9.49. The number of ether oxygens (including phenoxy) is 5. The van der Waals surface area contributed by atoms with Crippen molar-refractivity contribution in [2.24, 2.45) is 0 Å². The molecule has 0 saturated carbocycles. The van der Waals surface area contributed by atoms with Crippen molar-refractivity contribution in [2.45, 2.75) is 96.7 Å². The van der Waals surface area contributed by atoms with Gasteiger partial charge >= 0.3 is 17.9 Å². The molecule has 9 nitrogen and oxygen atoms in total. The Labute approximate surface area is 226 Å². The van der Waals surface area contributed by atoms with Crippen LogP contribution < -0.4 is 17.0 Å². The average Bonchev–Trinajstić information content (AvgIpc) is 2.77. The zero-order chi connectivity index (χ0) is 26.3. The lowest BCUT2D eigenvalue weighted by Crippen LogP contribution is -3.00. The zero-order valence-electron chi connectivity index (χ0n) is 22.5. The Hall–Kier alpha value is -1.67. The molecule has 0 aliphatic carbocycles. The van der Waals surface area contributed by atoms with Crippen LogP contribution in [0.5, 0.6) is 0 Å². The summed E-state index contributed by atoms with van der Waals surface area (Å²) in [6, 6.07) is 0. The molecule has 0 bridgehead atoms. The first-order valence-electron chi connectivity index (χ1n) is 12.7. The van der Waals surface area contributed by atoms with E-state index < -0.39 is 42.5 Å². The first-order chi connectivity index (χ1) is 16.7. The van der Waals surface area contributed by atoms with Crippen molar-refractivity contribution in [1.29, 1.82) is 0 Å². The fraction of sp³-hybridized carbons (Fsp3) is 0.808. The topological polar surface area (TPSA) is 97.4 Å². The maximum Gasteiger partial charge on any atom is 0.306 e. The quantitative estimate of drug-likeness (QED) is 0.0830. The lowest BCUT2D eigenvalue weighted by molar-refractivity contribution is -0.883. The highest BCUT2D eigenvalue weighted by molar-refractivity contribution is 5.71. The summed E-state index contributed by atoms with van der Waals surface area (Å²) in [5.41, 5.74) is 0. The summed E-state index contributed by atoms with van der Waals surface area (Å²) in [5, 5.41) is 0. The molecule has 36 heavy (non-hydrogen) atoms. The van der Waals surface area contributed by atoms with E-state index in [9.17, 15) is 14.4 Å². The van der Waals surface area contributed by atoms with Crippen molar-refractivity contribution >= 4 is 17.9 Å². The SMILES string of the molecule is C#CC[N+](C)(C)CCCCOC1OC[C@@H](OC(=O)CCC)[C@H](OC(=O)CCC)[C@H]1OC(=O)CCC.[Br-]. The number of unbranched alkanes of at least 4 members (excludes halogenated alkanes) is 1. The van der Waals surface area contributed by atoms with Gasteiger partial charge in [-0.2, -0.15) is 0 Å². The van der Waals surface area contributed by atoms with E-state index in [1.54, 1.807) is 0 Å². The van der Waals surface area contributed by atoms with Crippen LogP contribution in [0.3, 0.4) is 0 Å². The van der Waals surface area contributed by atoms with E-state index in [4.69, 9.17) is 30.1 Å². The van der Waals surface area contributed by atoms with Crippen molar-refractivity contribution in [3.8, 4) is 12.3 Å². The molecule has 4 atom stereocenters. The Morgan fingerprint density at radius 1 is 0.889 bits per heavy atom. The largest absolute Gasteiger partial charge is 1.00 e. The predicted molar refractivity (Wildman–Crippen MR) is 130 cm³/mol. The van der Waals surface area contributed by atoms with Gasteiger partial charge < -0.3 is 45.1 Å². The highest BCUT2D eigenvalue weighted by atomic mass is 79.9. The Morgan fingerprint density at radius 2 is 1.42 bits per heavy atom. The van der Waals surface area contributed by atoms with Gasteiger partial charge in [0.1, 0.15) is 6.54 Å². The fourth-order valence-corrected chi connectivity index (χ4v) is 3.68. The molecule has 1 fully saturated rings. The van der Waals surface area contributed by atoms with Gasteiger partial charge in [-0.1, -0.05) is 20.8 Å². The van der Waals surface area contributed by atoms with E-state index >= 15 is 0 Å². The van der Waals surface area contributed by atoms with Crippen LogP contribution in [-0.2, 0) is 38.1 Å². The summed E-state index contributed by atoms with van der Waals surface area (Å²) in [4.78, 5) is 37.0. The molecule has 1 aliphatic heterocycles. The summed E-state index contributed by atoms with van der Waals surface area (Å²) in [7, 11) is 4.15. The van der Waals surface area contributed by atoms with Crippen molar-refractivity contribution < 1.29 is 59.5 Å². The smallest absolute Gasteiger partial charge is 0.306 e. The number of hydrogen-bond donors (Lipinski definition) is 0. The van der Waals surface area contributed by atoms with Crippen molar-refractivity contribution in [3.63, 3.8) is 0 Å². The molecule has 1 aliphatic rings. The number of carbonyl (C=O) groups excluding carboxylic acids is 3. The zero-order valence-corrected chi connectivity index (χ0v) is 24.0. The lowest BCUT2D eigenvalue weighted by Gasteiger charge is -2.40. The molecular weight excluding hydrogens is 534 g/mol.